The first-order valence-electron chi connectivity index (χ1n) is 7.45. The SMILES string of the molecule is COC(=O)c1ccc(CNCCN(C(C)C)C(C)C)nc1. The minimum Gasteiger partial charge on any atom is -0.465 e. The van der Waals surface area contributed by atoms with Gasteiger partial charge in [-0.05, 0) is 39.8 Å². The molecule has 1 N–H and O–H groups in total. The van der Waals surface area contributed by atoms with Gasteiger partial charge < -0.3 is 10.1 Å². The van der Waals surface area contributed by atoms with E-state index in [9.17, 15) is 4.79 Å². The molecule has 0 atom stereocenters. The average Bonchev–Trinajstić information content (AvgIpc) is 2.46. The molecule has 0 aliphatic heterocycles. The summed E-state index contributed by atoms with van der Waals surface area (Å²) in [6, 6.07) is 4.68. The van der Waals surface area contributed by atoms with E-state index < -0.39 is 0 Å². The molecule has 118 valence electrons. The first-order chi connectivity index (χ1) is 9.95. The molecule has 5 nitrogen and oxygen atoms in total. The monoisotopic (exact) mass is 293 g/mol. The second-order valence-electron chi connectivity index (χ2n) is 5.63. The lowest BCUT2D eigenvalue weighted by molar-refractivity contribution is 0.0600. The van der Waals surface area contributed by atoms with Crippen molar-refractivity contribution < 1.29 is 9.53 Å². The molecule has 0 unspecified atom stereocenters. The van der Waals surface area contributed by atoms with Crippen molar-refractivity contribution in [1.29, 1.82) is 0 Å². The van der Waals surface area contributed by atoms with Crippen LogP contribution in [-0.4, -0.2) is 48.1 Å². The van der Waals surface area contributed by atoms with E-state index in [0.29, 0.717) is 24.2 Å². The molecular formula is C16H27N3O2. The van der Waals surface area contributed by atoms with Crippen LogP contribution in [0.3, 0.4) is 0 Å². The number of nitrogens with zero attached hydrogens (tertiary/aromatic N) is 2. The van der Waals surface area contributed by atoms with Crippen molar-refractivity contribution in [2.45, 2.75) is 46.3 Å². The lowest BCUT2D eigenvalue weighted by Crippen LogP contribution is -2.41. The largest absolute Gasteiger partial charge is 0.465 e. The molecule has 0 bridgehead atoms. The molecule has 5 heteroatoms. The van der Waals surface area contributed by atoms with E-state index in [-0.39, 0.29) is 5.97 Å². The van der Waals surface area contributed by atoms with E-state index in [0.717, 1.165) is 18.8 Å². The summed E-state index contributed by atoms with van der Waals surface area (Å²) in [5, 5.41) is 3.38. The van der Waals surface area contributed by atoms with Gasteiger partial charge in [-0.25, -0.2) is 4.79 Å². The molecule has 21 heavy (non-hydrogen) atoms. The third-order valence-corrected chi connectivity index (χ3v) is 3.43. The van der Waals surface area contributed by atoms with Crippen LogP contribution in [0.5, 0.6) is 0 Å². The minimum atomic E-state index is -0.355. The summed E-state index contributed by atoms with van der Waals surface area (Å²) < 4.78 is 4.65. The van der Waals surface area contributed by atoms with Gasteiger partial charge in [0.25, 0.3) is 0 Å². The Hall–Kier alpha value is -1.46. The molecule has 0 saturated carbocycles. The molecule has 0 aliphatic rings. The second kappa shape index (κ2) is 8.74. The number of pyridine rings is 1. The number of rotatable bonds is 8. The van der Waals surface area contributed by atoms with Crippen molar-refractivity contribution in [2.75, 3.05) is 20.2 Å². The van der Waals surface area contributed by atoms with Gasteiger partial charge in [-0.2, -0.15) is 0 Å². The molecule has 0 aliphatic carbocycles. The smallest absolute Gasteiger partial charge is 0.339 e. The summed E-state index contributed by atoms with van der Waals surface area (Å²) >= 11 is 0. The highest BCUT2D eigenvalue weighted by atomic mass is 16.5. The van der Waals surface area contributed by atoms with Crippen LogP contribution in [-0.2, 0) is 11.3 Å². The van der Waals surface area contributed by atoms with Crippen molar-refractivity contribution in [3.63, 3.8) is 0 Å². The number of carbonyl (C=O) groups is 1. The molecule has 1 aromatic heterocycles. The normalized spacial score (nSPS) is 11.4. The van der Waals surface area contributed by atoms with E-state index in [1.807, 2.05) is 6.07 Å². The Labute approximate surface area is 127 Å². The first kappa shape index (κ1) is 17.6. The molecule has 0 amide bonds. The predicted octanol–water partition coefficient (Wildman–Crippen LogP) is 2.08. The van der Waals surface area contributed by atoms with Gasteiger partial charge in [0.05, 0.1) is 18.4 Å². The molecule has 1 heterocycles. The quantitative estimate of drug-likeness (QED) is 0.587. The van der Waals surface area contributed by atoms with Crippen LogP contribution >= 0.6 is 0 Å². The predicted molar refractivity (Wildman–Crippen MR) is 84.3 cm³/mol. The molecule has 0 radical (unpaired) electrons. The highest BCUT2D eigenvalue weighted by molar-refractivity contribution is 5.88. The van der Waals surface area contributed by atoms with Crippen LogP contribution in [0.1, 0.15) is 43.7 Å². The van der Waals surface area contributed by atoms with Crippen LogP contribution < -0.4 is 5.32 Å². The summed E-state index contributed by atoms with van der Waals surface area (Å²) in [6.07, 6.45) is 1.55. The molecule has 0 aromatic carbocycles. The second-order valence-corrected chi connectivity index (χ2v) is 5.63. The zero-order valence-corrected chi connectivity index (χ0v) is 13.7. The molecular weight excluding hydrogens is 266 g/mol. The fraction of sp³-hybridized carbons (Fsp3) is 0.625. The first-order valence-corrected chi connectivity index (χ1v) is 7.45. The van der Waals surface area contributed by atoms with Gasteiger partial charge in [-0.1, -0.05) is 0 Å². The summed E-state index contributed by atoms with van der Waals surface area (Å²) in [7, 11) is 1.37. The molecule has 0 fully saturated rings. The Morgan fingerprint density at radius 2 is 1.95 bits per heavy atom. The van der Waals surface area contributed by atoms with E-state index in [1.54, 1.807) is 12.3 Å². The summed E-state index contributed by atoms with van der Waals surface area (Å²) in [4.78, 5) is 18.0. The van der Waals surface area contributed by atoms with Crippen LogP contribution in [0.25, 0.3) is 0 Å². The zero-order valence-electron chi connectivity index (χ0n) is 13.7. The molecule has 1 rings (SSSR count). The number of nitrogens with one attached hydrogen (secondary N) is 1. The molecule has 0 spiro atoms. The van der Waals surface area contributed by atoms with E-state index in [2.05, 4.69) is 47.6 Å². The van der Waals surface area contributed by atoms with E-state index >= 15 is 0 Å². The number of hydrogen-bond acceptors (Lipinski definition) is 5. The Morgan fingerprint density at radius 1 is 1.29 bits per heavy atom. The van der Waals surface area contributed by atoms with Crippen LogP contribution in [0.4, 0.5) is 0 Å². The van der Waals surface area contributed by atoms with Crippen molar-refractivity contribution in [3.05, 3.63) is 29.6 Å². The van der Waals surface area contributed by atoms with Crippen molar-refractivity contribution in [2.24, 2.45) is 0 Å². The van der Waals surface area contributed by atoms with Crippen molar-refractivity contribution >= 4 is 5.97 Å². The van der Waals surface area contributed by atoms with Gasteiger partial charge in [0.15, 0.2) is 0 Å². The number of hydrogen-bond donors (Lipinski definition) is 1. The average molecular weight is 293 g/mol. The van der Waals surface area contributed by atoms with E-state index in [4.69, 9.17) is 0 Å². The highest BCUT2D eigenvalue weighted by Crippen LogP contribution is 2.04. The maximum atomic E-state index is 11.3. The molecule has 0 saturated heterocycles. The lowest BCUT2D eigenvalue weighted by atomic mass is 10.2. The summed E-state index contributed by atoms with van der Waals surface area (Å²) in [6.45, 7) is 11.5. The van der Waals surface area contributed by atoms with Crippen molar-refractivity contribution in [1.82, 2.24) is 15.2 Å². The maximum Gasteiger partial charge on any atom is 0.339 e. The third kappa shape index (κ3) is 5.81. The van der Waals surface area contributed by atoms with Crippen LogP contribution in [0.15, 0.2) is 18.3 Å². The number of methoxy groups -OCH3 is 1. The van der Waals surface area contributed by atoms with Gasteiger partial charge >= 0.3 is 5.97 Å². The number of aromatic nitrogens is 1. The van der Waals surface area contributed by atoms with E-state index in [1.165, 1.54) is 7.11 Å². The standard InChI is InChI=1S/C16H27N3O2/c1-12(2)19(13(3)4)9-8-17-11-15-7-6-14(10-18-15)16(20)21-5/h6-7,10,12-13,17H,8-9,11H2,1-5H3. The van der Waals surface area contributed by atoms with Crippen LogP contribution in [0, 0.1) is 0 Å². The summed E-state index contributed by atoms with van der Waals surface area (Å²) in [5.41, 5.74) is 1.40. The van der Waals surface area contributed by atoms with Gasteiger partial charge in [-0.3, -0.25) is 9.88 Å². The van der Waals surface area contributed by atoms with Crippen LogP contribution in [0.2, 0.25) is 0 Å². The number of carbonyl (C=O) groups excluding carboxylic acids is 1. The highest BCUT2D eigenvalue weighted by Gasteiger charge is 2.12. The number of ether oxygens (including phenoxy) is 1. The fourth-order valence-corrected chi connectivity index (χ4v) is 2.30. The Morgan fingerprint density at radius 3 is 2.43 bits per heavy atom. The van der Waals surface area contributed by atoms with Gasteiger partial charge in [-0.15, -0.1) is 0 Å². The fourth-order valence-electron chi connectivity index (χ4n) is 2.30. The van der Waals surface area contributed by atoms with Crippen molar-refractivity contribution in [3.8, 4) is 0 Å². The zero-order chi connectivity index (χ0) is 15.8. The number of esters is 1. The van der Waals surface area contributed by atoms with Gasteiger partial charge in [0.1, 0.15) is 0 Å². The Bertz CT molecular complexity index is 422. The van der Waals surface area contributed by atoms with Gasteiger partial charge in [0.2, 0.25) is 0 Å². The Kier molecular flexibility index (Phi) is 7.32. The van der Waals surface area contributed by atoms with Gasteiger partial charge in [0, 0.05) is 37.9 Å². The molecule has 1 aromatic rings. The Balaban J connectivity index is 2.37. The topological polar surface area (TPSA) is 54.5 Å². The lowest BCUT2D eigenvalue weighted by Gasteiger charge is -2.30. The minimum absolute atomic E-state index is 0.355. The maximum absolute atomic E-state index is 11.3. The summed E-state index contributed by atoms with van der Waals surface area (Å²) in [5.74, 6) is -0.355. The third-order valence-electron chi connectivity index (χ3n) is 3.43.